The van der Waals surface area contributed by atoms with Crippen molar-refractivity contribution in [2.75, 3.05) is 10.7 Å². The van der Waals surface area contributed by atoms with E-state index < -0.39 is 0 Å². The SMILES string of the molecule is C=C/C(=N\Nc1ccc(=O)n(CCC)c1)c1cnc(NC2CCCC2)nc1. The van der Waals surface area contributed by atoms with Gasteiger partial charge >= 0.3 is 0 Å². The highest BCUT2D eigenvalue weighted by Gasteiger charge is 2.15. The van der Waals surface area contributed by atoms with Gasteiger partial charge in [0.25, 0.3) is 5.56 Å². The average molecular weight is 366 g/mol. The Morgan fingerprint density at radius 2 is 2.07 bits per heavy atom. The maximum atomic E-state index is 11.8. The number of nitrogens with one attached hydrogen (secondary N) is 2. The van der Waals surface area contributed by atoms with Gasteiger partial charge in [0.15, 0.2) is 0 Å². The smallest absolute Gasteiger partial charge is 0.250 e. The van der Waals surface area contributed by atoms with E-state index in [1.54, 1.807) is 35.3 Å². The molecule has 0 bridgehead atoms. The second-order valence-corrected chi connectivity index (χ2v) is 6.68. The molecule has 0 radical (unpaired) electrons. The number of rotatable bonds is 8. The molecule has 0 spiro atoms. The van der Waals surface area contributed by atoms with E-state index in [0.717, 1.165) is 17.7 Å². The summed E-state index contributed by atoms with van der Waals surface area (Å²) in [5, 5.41) is 7.75. The zero-order valence-corrected chi connectivity index (χ0v) is 15.7. The van der Waals surface area contributed by atoms with Crippen LogP contribution in [0.5, 0.6) is 0 Å². The number of pyridine rings is 1. The number of anilines is 2. The maximum Gasteiger partial charge on any atom is 0.250 e. The molecule has 0 saturated heterocycles. The van der Waals surface area contributed by atoms with Crippen molar-refractivity contribution in [3.8, 4) is 0 Å². The molecule has 7 heteroatoms. The van der Waals surface area contributed by atoms with E-state index in [1.165, 1.54) is 31.7 Å². The molecule has 0 aromatic carbocycles. The number of aromatic nitrogens is 3. The van der Waals surface area contributed by atoms with Gasteiger partial charge in [0.05, 0.1) is 11.4 Å². The maximum absolute atomic E-state index is 11.8. The molecule has 7 nitrogen and oxygen atoms in total. The first-order valence-electron chi connectivity index (χ1n) is 9.45. The van der Waals surface area contributed by atoms with Gasteiger partial charge in [-0.1, -0.05) is 26.3 Å². The van der Waals surface area contributed by atoms with E-state index >= 15 is 0 Å². The van der Waals surface area contributed by atoms with Crippen molar-refractivity contribution in [2.45, 2.75) is 51.6 Å². The molecule has 0 unspecified atom stereocenters. The zero-order valence-electron chi connectivity index (χ0n) is 15.7. The van der Waals surface area contributed by atoms with Gasteiger partial charge in [0, 0.05) is 42.8 Å². The molecule has 142 valence electrons. The second kappa shape index (κ2) is 9.12. The molecular formula is C20H26N6O. The fourth-order valence-corrected chi connectivity index (χ4v) is 3.15. The molecule has 1 fully saturated rings. The van der Waals surface area contributed by atoms with Gasteiger partial charge in [-0.15, -0.1) is 0 Å². The number of allylic oxidation sites excluding steroid dienone is 1. The van der Waals surface area contributed by atoms with Crippen molar-refractivity contribution in [3.05, 3.63) is 59.3 Å². The third-order valence-corrected chi connectivity index (χ3v) is 4.58. The molecule has 2 aromatic rings. The van der Waals surface area contributed by atoms with Crippen LogP contribution in [0.15, 0.2) is 53.3 Å². The average Bonchev–Trinajstić information content (AvgIpc) is 3.19. The van der Waals surface area contributed by atoms with Crippen molar-refractivity contribution in [1.29, 1.82) is 0 Å². The van der Waals surface area contributed by atoms with Gasteiger partial charge in [-0.05, 0) is 31.4 Å². The fraction of sp³-hybridized carbons (Fsp3) is 0.400. The van der Waals surface area contributed by atoms with Crippen molar-refractivity contribution in [3.63, 3.8) is 0 Å². The van der Waals surface area contributed by atoms with Gasteiger partial charge in [-0.3, -0.25) is 10.2 Å². The lowest BCUT2D eigenvalue weighted by Gasteiger charge is -2.11. The highest BCUT2D eigenvalue weighted by Crippen LogP contribution is 2.20. The Balaban J connectivity index is 1.69. The number of nitrogens with zero attached hydrogens (tertiary/aromatic N) is 4. The summed E-state index contributed by atoms with van der Waals surface area (Å²) in [6.07, 6.45) is 12.7. The molecule has 0 atom stereocenters. The first kappa shape index (κ1) is 18.8. The molecule has 27 heavy (non-hydrogen) atoms. The van der Waals surface area contributed by atoms with Gasteiger partial charge < -0.3 is 9.88 Å². The lowest BCUT2D eigenvalue weighted by molar-refractivity contribution is 0.655. The van der Waals surface area contributed by atoms with E-state index in [9.17, 15) is 4.79 Å². The zero-order chi connectivity index (χ0) is 19.1. The number of hydrogen-bond donors (Lipinski definition) is 2. The first-order chi connectivity index (χ1) is 13.2. The van der Waals surface area contributed by atoms with Crippen molar-refractivity contribution >= 4 is 17.3 Å². The summed E-state index contributed by atoms with van der Waals surface area (Å²) in [6, 6.07) is 3.72. The molecule has 2 N–H and O–H groups in total. The standard InChI is InChI=1S/C20H26N6O/c1-3-11-26-14-17(9-10-19(26)27)24-25-18(4-2)15-12-21-20(22-13-15)23-16-7-5-6-8-16/h4,9-10,12-14,16,24H,2-3,5-8,11H2,1H3,(H,21,22,23)/b25-18+. The molecule has 1 aliphatic carbocycles. The van der Waals surface area contributed by atoms with Crippen molar-refractivity contribution in [2.24, 2.45) is 5.10 Å². The Morgan fingerprint density at radius 1 is 1.33 bits per heavy atom. The topological polar surface area (TPSA) is 84.2 Å². The summed E-state index contributed by atoms with van der Waals surface area (Å²) in [4.78, 5) is 20.6. The number of hydrazone groups is 1. The summed E-state index contributed by atoms with van der Waals surface area (Å²) in [7, 11) is 0. The minimum absolute atomic E-state index is 0.0194. The molecule has 1 aliphatic rings. The molecule has 2 aromatic heterocycles. The van der Waals surface area contributed by atoms with Crippen LogP contribution >= 0.6 is 0 Å². The lowest BCUT2D eigenvalue weighted by atomic mass is 10.2. The van der Waals surface area contributed by atoms with E-state index in [4.69, 9.17) is 0 Å². The number of aryl methyl sites for hydroxylation is 1. The van der Waals surface area contributed by atoms with Gasteiger partial charge in [0.2, 0.25) is 5.95 Å². The summed E-state index contributed by atoms with van der Waals surface area (Å²) >= 11 is 0. The summed E-state index contributed by atoms with van der Waals surface area (Å²) in [5.41, 5.74) is 5.11. The minimum atomic E-state index is -0.0194. The van der Waals surface area contributed by atoms with E-state index in [2.05, 4.69) is 32.4 Å². The fourth-order valence-electron chi connectivity index (χ4n) is 3.15. The quantitative estimate of drug-likeness (QED) is 0.552. The monoisotopic (exact) mass is 366 g/mol. The van der Waals surface area contributed by atoms with Gasteiger partial charge in [-0.2, -0.15) is 5.10 Å². The summed E-state index contributed by atoms with van der Waals surface area (Å²) < 4.78 is 1.66. The highest BCUT2D eigenvalue weighted by atomic mass is 16.1. The molecule has 2 heterocycles. The van der Waals surface area contributed by atoms with Crippen molar-refractivity contribution in [1.82, 2.24) is 14.5 Å². The van der Waals surface area contributed by atoms with Crippen LogP contribution in [0.4, 0.5) is 11.6 Å². The van der Waals surface area contributed by atoms with Crippen LogP contribution in [-0.2, 0) is 6.54 Å². The Bertz CT molecular complexity index is 850. The Labute approximate surface area is 159 Å². The highest BCUT2D eigenvalue weighted by molar-refractivity contribution is 6.08. The molecule has 0 aliphatic heterocycles. The van der Waals surface area contributed by atoms with E-state index in [1.807, 2.05) is 6.92 Å². The number of hydrogen-bond acceptors (Lipinski definition) is 6. The largest absolute Gasteiger partial charge is 0.351 e. The Hall–Kier alpha value is -2.96. The van der Waals surface area contributed by atoms with E-state index in [0.29, 0.717) is 24.2 Å². The minimum Gasteiger partial charge on any atom is -0.351 e. The van der Waals surface area contributed by atoms with Crippen LogP contribution in [0.25, 0.3) is 0 Å². The predicted molar refractivity (Wildman–Crippen MR) is 109 cm³/mol. The molecule has 1 saturated carbocycles. The van der Waals surface area contributed by atoms with Crippen LogP contribution in [-0.4, -0.2) is 26.3 Å². The first-order valence-corrected chi connectivity index (χ1v) is 9.45. The summed E-state index contributed by atoms with van der Waals surface area (Å²) in [5.74, 6) is 0.647. The van der Waals surface area contributed by atoms with Crippen LogP contribution in [0.2, 0.25) is 0 Å². The van der Waals surface area contributed by atoms with Gasteiger partial charge in [-0.25, -0.2) is 9.97 Å². The lowest BCUT2D eigenvalue weighted by Crippen LogP contribution is -2.18. The van der Waals surface area contributed by atoms with Gasteiger partial charge in [0.1, 0.15) is 0 Å². The third kappa shape index (κ3) is 5.03. The predicted octanol–water partition coefficient (Wildman–Crippen LogP) is 3.41. The Kier molecular flexibility index (Phi) is 6.35. The van der Waals surface area contributed by atoms with Crippen LogP contribution in [0.1, 0.15) is 44.6 Å². The van der Waals surface area contributed by atoms with E-state index in [-0.39, 0.29) is 5.56 Å². The van der Waals surface area contributed by atoms with Crippen LogP contribution in [0.3, 0.4) is 0 Å². The third-order valence-electron chi connectivity index (χ3n) is 4.58. The van der Waals surface area contributed by atoms with Crippen LogP contribution < -0.4 is 16.3 Å². The van der Waals surface area contributed by atoms with Crippen LogP contribution in [0, 0.1) is 0 Å². The molecular weight excluding hydrogens is 340 g/mol. The molecule has 3 rings (SSSR count). The molecule has 0 amide bonds. The normalized spacial score (nSPS) is 14.9. The van der Waals surface area contributed by atoms with Crippen molar-refractivity contribution < 1.29 is 0 Å². The summed E-state index contributed by atoms with van der Waals surface area (Å²) in [6.45, 7) is 6.53. The second-order valence-electron chi connectivity index (χ2n) is 6.68. The Morgan fingerprint density at radius 3 is 2.74 bits per heavy atom.